The molecule has 0 aliphatic carbocycles. The molecule has 6 rings (SSSR count). The molecule has 0 saturated carbocycles. The molecular formula is C32H36N6O3. The highest BCUT2D eigenvalue weighted by Gasteiger charge is 2.25. The summed E-state index contributed by atoms with van der Waals surface area (Å²) in [6.07, 6.45) is 5.70. The molecule has 0 saturated heterocycles. The monoisotopic (exact) mass is 552 g/mol. The molecule has 4 heterocycles. The van der Waals surface area contributed by atoms with Crippen LogP contribution in [0, 0.1) is 5.92 Å². The number of H-pyrrole nitrogens is 2. The lowest BCUT2D eigenvalue weighted by Gasteiger charge is -2.21. The lowest BCUT2D eigenvalue weighted by atomic mass is 9.94. The van der Waals surface area contributed by atoms with Gasteiger partial charge in [0.15, 0.2) is 0 Å². The number of aromatic nitrogens is 4. The van der Waals surface area contributed by atoms with Gasteiger partial charge in [0.2, 0.25) is 0 Å². The van der Waals surface area contributed by atoms with Gasteiger partial charge in [-0.15, -0.1) is 0 Å². The summed E-state index contributed by atoms with van der Waals surface area (Å²) >= 11 is 0. The SMILES string of the molecule is CCCC(NC)c1ncc(-c2ccc3c4c(c(=O)oc3c2)-c2ccc(-c3cnc(CNCC(C)C)[nH]3)cc2OC4)[nH]1. The van der Waals surface area contributed by atoms with E-state index in [0.717, 1.165) is 70.1 Å². The molecule has 1 aliphatic rings. The highest BCUT2D eigenvalue weighted by Crippen LogP contribution is 2.41. The average Bonchev–Trinajstić information content (AvgIpc) is 3.65. The van der Waals surface area contributed by atoms with Crippen LogP contribution in [0.15, 0.2) is 58.0 Å². The van der Waals surface area contributed by atoms with Crippen LogP contribution in [-0.2, 0) is 13.2 Å². The second kappa shape index (κ2) is 11.3. The summed E-state index contributed by atoms with van der Waals surface area (Å²) in [6, 6.07) is 11.9. The Bertz CT molecular complexity index is 1750. The van der Waals surface area contributed by atoms with Gasteiger partial charge in [0, 0.05) is 27.6 Å². The molecule has 1 unspecified atom stereocenters. The van der Waals surface area contributed by atoms with Crippen molar-refractivity contribution in [3.05, 3.63) is 76.4 Å². The smallest absolute Gasteiger partial charge is 0.344 e. The maximum atomic E-state index is 13.3. The Morgan fingerprint density at radius 1 is 1.02 bits per heavy atom. The van der Waals surface area contributed by atoms with Gasteiger partial charge in [-0.25, -0.2) is 14.8 Å². The quantitative estimate of drug-likeness (QED) is 0.158. The molecule has 0 bridgehead atoms. The molecule has 212 valence electrons. The Hall–Kier alpha value is -4.21. The average molecular weight is 553 g/mol. The number of imidazole rings is 2. The van der Waals surface area contributed by atoms with Gasteiger partial charge < -0.3 is 29.8 Å². The first-order valence-electron chi connectivity index (χ1n) is 14.3. The van der Waals surface area contributed by atoms with Crippen molar-refractivity contribution in [3.63, 3.8) is 0 Å². The number of ether oxygens (including phenoxy) is 1. The molecular weight excluding hydrogens is 516 g/mol. The Kier molecular flexibility index (Phi) is 7.47. The fourth-order valence-electron chi connectivity index (χ4n) is 5.47. The van der Waals surface area contributed by atoms with Crippen LogP contribution in [0.5, 0.6) is 5.75 Å². The van der Waals surface area contributed by atoms with Gasteiger partial charge in [0.1, 0.15) is 29.6 Å². The third-order valence-electron chi connectivity index (χ3n) is 7.59. The van der Waals surface area contributed by atoms with E-state index in [1.165, 1.54) is 0 Å². The molecule has 9 heteroatoms. The van der Waals surface area contributed by atoms with Crippen LogP contribution in [0.1, 0.15) is 56.9 Å². The minimum atomic E-state index is -0.370. The van der Waals surface area contributed by atoms with Crippen molar-refractivity contribution in [3.8, 4) is 39.4 Å². The van der Waals surface area contributed by atoms with Gasteiger partial charge >= 0.3 is 5.63 Å². The van der Waals surface area contributed by atoms with E-state index in [9.17, 15) is 4.79 Å². The number of rotatable bonds is 10. The number of fused-ring (bicyclic) bond motifs is 5. The Labute approximate surface area is 238 Å². The molecule has 5 aromatic rings. The minimum absolute atomic E-state index is 0.166. The van der Waals surface area contributed by atoms with Crippen LogP contribution in [-0.4, -0.2) is 33.5 Å². The van der Waals surface area contributed by atoms with Crippen molar-refractivity contribution < 1.29 is 9.15 Å². The van der Waals surface area contributed by atoms with Gasteiger partial charge in [-0.05, 0) is 44.1 Å². The molecule has 41 heavy (non-hydrogen) atoms. The van der Waals surface area contributed by atoms with Gasteiger partial charge in [-0.3, -0.25) is 0 Å². The first-order chi connectivity index (χ1) is 19.9. The molecule has 0 spiro atoms. The van der Waals surface area contributed by atoms with E-state index >= 15 is 0 Å². The van der Waals surface area contributed by atoms with Crippen molar-refractivity contribution >= 4 is 11.0 Å². The zero-order chi connectivity index (χ0) is 28.5. The van der Waals surface area contributed by atoms with Crippen LogP contribution in [0.2, 0.25) is 0 Å². The van der Waals surface area contributed by atoms with E-state index in [4.69, 9.17) is 9.15 Å². The molecule has 0 amide bonds. The van der Waals surface area contributed by atoms with Crippen LogP contribution in [0.25, 0.3) is 44.6 Å². The number of aromatic amines is 2. The Morgan fingerprint density at radius 2 is 1.80 bits per heavy atom. The van der Waals surface area contributed by atoms with Crippen LogP contribution in [0.4, 0.5) is 0 Å². The Morgan fingerprint density at radius 3 is 2.61 bits per heavy atom. The number of benzene rings is 2. The number of hydrogen-bond donors (Lipinski definition) is 4. The zero-order valence-corrected chi connectivity index (χ0v) is 23.9. The fourth-order valence-corrected chi connectivity index (χ4v) is 5.47. The third kappa shape index (κ3) is 5.30. The highest BCUT2D eigenvalue weighted by atomic mass is 16.5. The molecule has 9 nitrogen and oxygen atoms in total. The lowest BCUT2D eigenvalue weighted by molar-refractivity contribution is 0.302. The van der Waals surface area contributed by atoms with E-state index in [1.807, 2.05) is 55.8 Å². The maximum Gasteiger partial charge on any atom is 0.344 e. The summed E-state index contributed by atoms with van der Waals surface area (Å²) in [7, 11) is 1.94. The summed E-state index contributed by atoms with van der Waals surface area (Å²) in [5, 5.41) is 7.58. The lowest BCUT2D eigenvalue weighted by Crippen LogP contribution is -2.19. The van der Waals surface area contributed by atoms with Crippen LogP contribution in [0.3, 0.4) is 0 Å². The summed E-state index contributed by atoms with van der Waals surface area (Å²) in [5.74, 6) is 3.01. The second-order valence-electron chi connectivity index (χ2n) is 11.0. The molecule has 1 atom stereocenters. The van der Waals surface area contributed by atoms with E-state index < -0.39 is 0 Å². The highest BCUT2D eigenvalue weighted by molar-refractivity contribution is 5.91. The number of nitrogens with zero attached hydrogens (tertiary/aromatic N) is 2. The van der Waals surface area contributed by atoms with Gasteiger partial charge in [-0.1, -0.05) is 45.4 Å². The zero-order valence-electron chi connectivity index (χ0n) is 23.9. The maximum absolute atomic E-state index is 13.3. The number of nitrogens with one attached hydrogen (secondary N) is 4. The van der Waals surface area contributed by atoms with Gasteiger partial charge in [0.05, 0.1) is 41.9 Å². The van der Waals surface area contributed by atoms with Gasteiger partial charge in [0.25, 0.3) is 0 Å². The fraction of sp³-hybridized carbons (Fsp3) is 0.344. The van der Waals surface area contributed by atoms with Crippen molar-refractivity contribution in [2.24, 2.45) is 5.92 Å². The van der Waals surface area contributed by atoms with Gasteiger partial charge in [-0.2, -0.15) is 0 Å². The van der Waals surface area contributed by atoms with Crippen molar-refractivity contribution in [1.82, 2.24) is 30.6 Å². The predicted octanol–water partition coefficient (Wildman–Crippen LogP) is 5.94. The molecule has 4 N–H and O–H groups in total. The summed E-state index contributed by atoms with van der Waals surface area (Å²) in [5.41, 5.74) is 5.93. The second-order valence-corrected chi connectivity index (χ2v) is 11.0. The standard InChI is InChI=1S/C32H36N6O3/c1-5-6-24(33-4)31-36-15-26(38-31)20-7-9-21-23-17-40-27-11-19(25-14-35-29(37-25)16-34-13-18(2)3)8-10-22(27)30(23)32(39)41-28(21)12-20/h7-12,14-15,18,24,33-34H,5-6,13,16-17H2,1-4H3,(H,35,37)(H,36,38). The summed E-state index contributed by atoms with van der Waals surface area (Å²) in [4.78, 5) is 29.2. The van der Waals surface area contributed by atoms with E-state index in [-0.39, 0.29) is 18.3 Å². The van der Waals surface area contributed by atoms with E-state index in [0.29, 0.717) is 29.4 Å². The summed E-state index contributed by atoms with van der Waals surface area (Å²) in [6.45, 7) is 8.41. The molecule has 2 aromatic carbocycles. The van der Waals surface area contributed by atoms with Crippen molar-refractivity contribution in [2.45, 2.75) is 52.8 Å². The predicted molar refractivity (Wildman–Crippen MR) is 161 cm³/mol. The molecule has 0 radical (unpaired) electrons. The Balaban J connectivity index is 1.29. The third-order valence-corrected chi connectivity index (χ3v) is 7.59. The summed E-state index contributed by atoms with van der Waals surface area (Å²) < 4.78 is 12.1. The van der Waals surface area contributed by atoms with Crippen LogP contribution < -0.4 is 21.0 Å². The van der Waals surface area contributed by atoms with Crippen molar-refractivity contribution in [1.29, 1.82) is 0 Å². The molecule has 0 fully saturated rings. The van der Waals surface area contributed by atoms with E-state index in [2.05, 4.69) is 51.3 Å². The first kappa shape index (κ1) is 27.0. The number of hydrogen-bond acceptors (Lipinski definition) is 7. The molecule has 3 aromatic heterocycles. The minimum Gasteiger partial charge on any atom is -0.488 e. The first-order valence-corrected chi connectivity index (χ1v) is 14.3. The largest absolute Gasteiger partial charge is 0.488 e. The van der Waals surface area contributed by atoms with Crippen molar-refractivity contribution in [2.75, 3.05) is 13.6 Å². The normalized spacial score (nSPS) is 13.3. The van der Waals surface area contributed by atoms with Crippen LogP contribution >= 0.6 is 0 Å². The van der Waals surface area contributed by atoms with E-state index in [1.54, 1.807) is 0 Å². The molecule has 1 aliphatic heterocycles. The topological polar surface area (TPSA) is 121 Å².